The zero-order chi connectivity index (χ0) is 23.4. The topological polar surface area (TPSA) is 67.9 Å². The van der Waals surface area contributed by atoms with Crippen LogP contribution in [0.15, 0.2) is 72.8 Å². The van der Waals surface area contributed by atoms with E-state index in [1.807, 2.05) is 12.1 Å². The number of anilines is 2. The first-order valence-electron chi connectivity index (χ1n) is 10.7. The Balaban J connectivity index is 1.74. The van der Waals surface area contributed by atoms with Crippen LogP contribution in [0.3, 0.4) is 0 Å². The molecule has 0 aromatic heterocycles. The molecule has 0 saturated carbocycles. The number of nitrogens with zero attached hydrogens (tertiary/aromatic N) is 1. The van der Waals surface area contributed by atoms with Crippen LogP contribution < -0.4 is 19.7 Å². The second-order valence-electron chi connectivity index (χ2n) is 7.79. The third kappa shape index (κ3) is 4.67. The second kappa shape index (κ2) is 9.73. The van der Waals surface area contributed by atoms with Gasteiger partial charge in [-0.25, -0.2) is 4.39 Å². The molecule has 170 valence electrons. The molecule has 1 aliphatic rings. The molecule has 1 aliphatic heterocycles. The van der Waals surface area contributed by atoms with E-state index < -0.39 is 17.8 Å². The van der Waals surface area contributed by atoms with Gasteiger partial charge in [-0.1, -0.05) is 24.3 Å². The Labute approximate surface area is 191 Å². The number of ether oxygens (including phenoxy) is 2. The Morgan fingerprint density at radius 1 is 0.939 bits per heavy atom. The molecule has 6 nitrogen and oxygen atoms in total. The first-order valence-corrected chi connectivity index (χ1v) is 10.7. The lowest BCUT2D eigenvalue weighted by Gasteiger charge is -2.41. The third-order valence-electron chi connectivity index (χ3n) is 5.87. The first kappa shape index (κ1) is 22.3. The second-order valence-corrected chi connectivity index (χ2v) is 7.79. The third-order valence-corrected chi connectivity index (χ3v) is 5.87. The fraction of sp³-hybridized carbons (Fsp3) is 0.231. The van der Waals surface area contributed by atoms with Gasteiger partial charge in [0.1, 0.15) is 17.3 Å². The molecular formula is C26H25FN2O4. The maximum Gasteiger partial charge on any atom is 0.230 e. The zero-order valence-electron chi connectivity index (χ0n) is 18.5. The summed E-state index contributed by atoms with van der Waals surface area (Å²) in [5, 5.41) is 2.71. The number of carbonyl (C=O) groups is 2. The quantitative estimate of drug-likeness (QED) is 0.578. The lowest BCUT2D eigenvalue weighted by molar-refractivity contribution is -0.126. The van der Waals surface area contributed by atoms with E-state index >= 15 is 0 Å². The van der Waals surface area contributed by atoms with E-state index in [1.165, 1.54) is 12.1 Å². The predicted octanol–water partition coefficient (Wildman–Crippen LogP) is 4.97. The molecule has 0 bridgehead atoms. The summed E-state index contributed by atoms with van der Waals surface area (Å²) in [5.74, 6) is -0.186. The van der Waals surface area contributed by atoms with Crippen molar-refractivity contribution in [2.24, 2.45) is 5.92 Å². The highest BCUT2D eigenvalue weighted by Gasteiger charge is 2.41. The molecule has 1 heterocycles. The number of amides is 2. The van der Waals surface area contributed by atoms with Crippen LogP contribution >= 0.6 is 0 Å². The summed E-state index contributed by atoms with van der Waals surface area (Å²) in [6, 6.07) is 19.9. The van der Waals surface area contributed by atoms with E-state index in [0.29, 0.717) is 23.6 Å². The number of benzene rings is 3. The van der Waals surface area contributed by atoms with Gasteiger partial charge in [-0.3, -0.25) is 9.59 Å². The highest BCUT2D eigenvalue weighted by Crippen LogP contribution is 2.41. The molecule has 7 heteroatoms. The fourth-order valence-corrected chi connectivity index (χ4v) is 4.18. The van der Waals surface area contributed by atoms with E-state index in [-0.39, 0.29) is 23.9 Å². The Morgan fingerprint density at radius 2 is 1.55 bits per heavy atom. The standard InChI is InChI=1S/C26H25FN2O4/c1-32-19-11-7-17(8-12-19)25-21(26(31)28-23-6-4-3-5-22(23)27)15-16-24(30)29(25)18-9-13-20(33-2)14-10-18/h3-14,21,25H,15-16H2,1-2H3,(H,28,31). The van der Waals surface area contributed by atoms with Gasteiger partial charge >= 0.3 is 0 Å². The molecule has 33 heavy (non-hydrogen) atoms. The molecule has 1 N–H and O–H groups in total. The number of carbonyl (C=O) groups excluding carboxylic acids is 2. The molecule has 0 radical (unpaired) electrons. The van der Waals surface area contributed by atoms with Crippen molar-refractivity contribution < 1.29 is 23.5 Å². The van der Waals surface area contributed by atoms with Gasteiger partial charge in [0.25, 0.3) is 0 Å². The van der Waals surface area contributed by atoms with Gasteiger partial charge in [-0.05, 0) is 60.5 Å². The lowest BCUT2D eigenvalue weighted by atomic mass is 9.83. The van der Waals surface area contributed by atoms with Crippen LogP contribution in [0.2, 0.25) is 0 Å². The fourth-order valence-electron chi connectivity index (χ4n) is 4.18. The molecule has 3 aromatic carbocycles. The van der Waals surface area contributed by atoms with Gasteiger partial charge in [-0.15, -0.1) is 0 Å². The molecule has 2 unspecified atom stereocenters. The predicted molar refractivity (Wildman–Crippen MR) is 124 cm³/mol. The summed E-state index contributed by atoms with van der Waals surface area (Å²) in [7, 11) is 3.15. The van der Waals surface area contributed by atoms with Crippen molar-refractivity contribution in [1.82, 2.24) is 0 Å². The number of rotatable bonds is 6. The number of halogens is 1. The van der Waals surface area contributed by atoms with Crippen molar-refractivity contribution >= 4 is 23.2 Å². The Morgan fingerprint density at radius 3 is 2.15 bits per heavy atom. The average Bonchev–Trinajstić information content (AvgIpc) is 2.85. The van der Waals surface area contributed by atoms with Gasteiger partial charge in [-0.2, -0.15) is 0 Å². The molecule has 2 atom stereocenters. The van der Waals surface area contributed by atoms with Crippen LogP contribution in [0.4, 0.5) is 15.8 Å². The Bertz CT molecular complexity index is 1130. The van der Waals surface area contributed by atoms with Crippen LogP contribution in [-0.2, 0) is 9.59 Å². The number of piperidine rings is 1. The summed E-state index contributed by atoms with van der Waals surface area (Å²) in [5.41, 5.74) is 1.56. The number of hydrogen-bond donors (Lipinski definition) is 1. The largest absolute Gasteiger partial charge is 0.497 e. The van der Waals surface area contributed by atoms with Crippen molar-refractivity contribution in [3.8, 4) is 11.5 Å². The molecule has 0 aliphatic carbocycles. The summed E-state index contributed by atoms with van der Waals surface area (Å²) in [6.45, 7) is 0. The number of methoxy groups -OCH3 is 2. The minimum absolute atomic E-state index is 0.0871. The molecule has 2 amide bonds. The highest BCUT2D eigenvalue weighted by molar-refractivity contribution is 6.00. The monoisotopic (exact) mass is 448 g/mol. The van der Waals surface area contributed by atoms with Crippen LogP contribution in [0, 0.1) is 11.7 Å². The summed E-state index contributed by atoms with van der Waals surface area (Å²) in [4.78, 5) is 28.1. The minimum Gasteiger partial charge on any atom is -0.497 e. The Hall–Kier alpha value is -3.87. The molecular weight excluding hydrogens is 423 g/mol. The van der Waals surface area contributed by atoms with Crippen molar-refractivity contribution in [3.05, 3.63) is 84.2 Å². The molecule has 1 saturated heterocycles. The Kier molecular flexibility index (Phi) is 6.58. The van der Waals surface area contributed by atoms with E-state index in [4.69, 9.17) is 9.47 Å². The van der Waals surface area contributed by atoms with E-state index in [1.54, 1.807) is 67.7 Å². The maximum atomic E-state index is 14.2. The summed E-state index contributed by atoms with van der Waals surface area (Å²) in [6.07, 6.45) is 0.552. The zero-order valence-corrected chi connectivity index (χ0v) is 18.5. The lowest BCUT2D eigenvalue weighted by Crippen LogP contribution is -2.47. The van der Waals surface area contributed by atoms with Crippen molar-refractivity contribution in [3.63, 3.8) is 0 Å². The van der Waals surface area contributed by atoms with Gasteiger partial charge in [0, 0.05) is 12.1 Å². The SMILES string of the molecule is COc1ccc(C2C(C(=O)Nc3ccccc3F)CCC(=O)N2c2ccc(OC)cc2)cc1. The summed E-state index contributed by atoms with van der Waals surface area (Å²) >= 11 is 0. The van der Waals surface area contributed by atoms with Crippen LogP contribution in [0.25, 0.3) is 0 Å². The average molecular weight is 448 g/mol. The molecule has 0 spiro atoms. The van der Waals surface area contributed by atoms with Crippen LogP contribution in [0.1, 0.15) is 24.4 Å². The van der Waals surface area contributed by atoms with Crippen LogP contribution in [-0.4, -0.2) is 26.0 Å². The number of nitrogens with one attached hydrogen (secondary N) is 1. The maximum absolute atomic E-state index is 14.2. The van der Waals surface area contributed by atoms with Crippen molar-refractivity contribution in [2.75, 3.05) is 24.4 Å². The van der Waals surface area contributed by atoms with E-state index in [0.717, 1.165) is 5.56 Å². The smallest absolute Gasteiger partial charge is 0.230 e. The van der Waals surface area contributed by atoms with Crippen molar-refractivity contribution in [2.45, 2.75) is 18.9 Å². The van der Waals surface area contributed by atoms with Gasteiger partial charge in [0.05, 0.1) is 31.9 Å². The molecule has 1 fully saturated rings. The van der Waals surface area contributed by atoms with E-state index in [2.05, 4.69) is 5.32 Å². The highest BCUT2D eigenvalue weighted by atomic mass is 19.1. The van der Waals surface area contributed by atoms with Gasteiger partial charge in [0.15, 0.2) is 0 Å². The normalized spacial score (nSPS) is 18.0. The van der Waals surface area contributed by atoms with Gasteiger partial charge < -0.3 is 19.7 Å². The molecule has 4 rings (SSSR count). The van der Waals surface area contributed by atoms with Crippen molar-refractivity contribution in [1.29, 1.82) is 0 Å². The molecule has 3 aromatic rings. The summed E-state index contributed by atoms with van der Waals surface area (Å²) < 4.78 is 24.7. The first-order chi connectivity index (χ1) is 16.0. The van der Waals surface area contributed by atoms with Crippen LogP contribution in [0.5, 0.6) is 11.5 Å². The minimum atomic E-state index is -0.585. The number of para-hydroxylation sites is 1. The number of hydrogen-bond acceptors (Lipinski definition) is 4. The van der Waals surface area contributed by atoms with E-state index in [9.17, 15) is 14.0 Å². The van der Waals surface area contributed by atoms with Gasteiger partial charge in [0.2, 0.25) is 11.8 Å².